The number of carboxylic acid groups (broad SMARTS) is 2. The van der Waals surface area contributed by atoms with Crippen molar-refractivity contribution >= 4 is 36.2 Å². The van der Waals surface area contributed by atoms with Gasteiger partial charge in [-0.05, 0) is 51.7 Å². The smallest absolute Gasteiger partial charge is 0.678 e. The van der Waals surface area contributed by atoms with Gasteiger partial charge in [0.05, 0.1) is 0 Å². The van der Waals surface area contributed by atoms with E-state index in [2.05, 4.69) is 20.1 Å². The minimum Gasteiger partial charge on any atom is -0.678 e. The molecule has 0 saturated carbocycles. The van der Waals surface area contributed by atoms with Crippen LogP contribution in [0.3, 0.4) is 0 Å². The number of allylic oxidation sites excluding steroid dienone is 1. The molecule has 0 aromatic carbocycles. The van der Waals surface area contributed by atoms with Gasteiger partial charge in [-0.25, -0.2) is 0 Å². The Morgan fingerprint density at radius 3 is 2.09 bits per heavy atom. The minimum atomic E-state index is -0.891. The van der Waals surface area contributed by atoms with Gasteiger partial charge in [-0.1, -0.05) is 89.4 Å². The van der Waals surface area contributed by atoms with Gasteiger partial charge < -0.3 is 30.5 Å². The van der Waals surface area contributed by atoms with Gasteiger partial charge in [0.25, 0.3) is 0 Å². The summed E-state index contributed by atoms with van der Waals surface area (Å²) in [5.41, 5.74) is 11.3. The van der Waals surface area contributed by atoms with Crippen LogP contribution in [0.5, 0.6) is 0 Å². The summed E-state index contributed by atoms with van der Waals surface area (Å²) in [6.45, 7) is 16.1. The monoisotopic (exact) mass is 618 g/mol. The summed E-state index contributed by atoms with van der Waals surface area (Å²) in [5, 5.41) is 25.3. The zero-order valence-electron chi connectivity index (χ0n) is 24.8. The number of nitrogens with zero attached hydrogens (tertiary/aromatic N) is 4. The fourth-order valence-corrected chi connectivity index (χ4v) is 5.94. The summed E-state index contributed by atoms with van der Waals surface area (Å²) in [6.07, 6.45) is 10.5. The van der Waals surface area contributed by atoms with Crippen LogP contribution < -0.4 is 25.7 Å². The summed E-state index contributed by atoms with van der Waals surface area (Å²) in [7, 11) is 0. The first-order valence-electron chi connectivity index (χ1n) is 14.0. The fraction of sp³-hybridized carbons (Fsp3) is 0.294. The number of rotatable bonds is 8. The Balaban J connectivity index is 0.00000423. The van der Waals surface area contributed by atoms with E-state index in [0.717, 1.165) is 67.3 Å². The molecule has 0 amide bonds. The maximum atomic E-state index is 11.5. The second-order valence-corrected chi connectivity index (χ2v) is 10.9. The van der Waals surface area contributed by atoms with Crippen molar-refractivity contribution in [1.29, 1.82) is 0 Å². The molecule has 8 bridgehead atoms. The Labute approximate surface area is 261 Å². The van der Waals surface area contributed by atoms with Crippen LogP contribution in [0.25, 0.3) is 29.6 Å². The molecule has 43 heavy (non-hydrogen) atoms. The number of fused-ring (bicyclic) bond motifs is 8. The van der Waals surface area contributed by atoms with E-state index in [4.69, 9.17) is 20.3 Å². The molecule has 0 aliphatic carbocycles. The SMILES string of the molecule is C=CC1=C(C)C2Cc3[n-]c(c(CCC(=O)O)c3C)/C=c3\[n-]/c(c(C)c3CCC(=O)O)=C\c3[n-]c(c(C)c3C=C)/C=C/1[N-]2.[Fe+4]. The van der Waals surface area contributed by atoms with E-state index in [-0.39, 0.29) is 36.0 Å². The molecular formula is C34H34FeN4O4. The van der Waals surface area contributed by atoms with Gasteiger partial charge in [0.1, 0.15) is 0 Å². The average Bonchev–Trinajstić information content (AvgIpc) is 3.59. The van der Waals surface area contributed by atoms with Crippen LogP contribution in [0.4, 0.5) is 0 Å². The van der Waals surface area contributed by atoms with E-state index in [1.165, 1.54) is 0 Å². The third-order valence-electron chi connectivity index (χ3n) is 8.43. The van der Waals surface area contributed by atoms with E-state index < -0.39 is 11.9 Å². The molecular weight excluding hydrogens is 584 g/mol. The molecule has 0 radical (unpaired) electrons. The van der Waals surface area contributed by atoms with Gasteiger partial charge in [0, 0.05) is 12.8 Å². The molecule has 1 atom stereocenters. The molecule has 8 nitrogen and oxygen atoms in total. The maximum absolute atomic E-state index is 11.5. The normalized spacial score (nSPS) is 18.3. The van der Waals surface area contributed by atoms with Gasteiger partial charge >= 0.3 is 29.0 Å². The van der Waals surface area contributed by atoms with Crippen molar-refractivity contribution < 1.29 is 36.9 Å². The molecule has 9 heteroatoms. The van der Waals surface area contributed by atoms with Crippen LogP contribution in [0.15, 0.2) is 36.1 Å². The first-order chi connectivity index (χ1) is 20.0. The predicted molar refractivity (Wildman–Crippen MR) is 164 cm³/mol. The first-order valence-corrected chi connectivity index (χ1v) is 14.0. The number of hydrogen-bond acceptors (Lipinski definition) is 2. The van der Waals surface area contributed by atoms with Crippen LogP contribution >= 0.6 is 0 Å². The Kier molecular flexibility index (Phi) is 9.28. The Bertz CT molecular complexity index is 1830. The van der Waals surface area contributed by atoms with Gasteiger partial charge in [0.2, 0.25) is 0 Å². The Hall–Kier alpha value is -4.20. The predicted octanol–water partition coefficient (Wildman–Crippen LogP) is 3.97. The summed E-state index contributed by atoms with van der Waals surface area (Å²) < 4.78 is 0. The second-order valence-electron chi connectivity index (χ2n) is 10.9. The van der Waals surface area contributed by atoms with Gasteiger partial charge in [-0.2, -0.15) is 5.69 Å². The van der Waals surface area contributed by atoms with Gasteiger partial charge in [-0.3, -0.25) is 9.59 Å². The molecule has 2 aliphatic heterocycles. The molecule has 3 aromatic rings. The van der Waals surface area contributed by atoms with E-state index >= 15 is 0 Å². The third-order valence-corrected chi connectivity index (χ3v) is 8.43. The molecule has 0 fully saturated rings. The van der Waals surface area contributed by atoms with Crippen molar-refractivity contribution in [3.05, 3.63) is 108 Å². The quantitative estimate of drug-likeness (QED) is 0.366. The molecule has 222 valence electrons. The van der Waals surface area contributed by atoms with Crippen molar-refractivity contribution in [2.45, 2.75) is 65.8 Å². The molecule has 3 aromatic heterocycles. The van der Waals surface area contributed by atoms with Gasteiger partial charge in [0.15, 0.2) is 0 Å². The molecule has 5 rings (SSSR count). The van der Waals surface area contributed by atoms with E-state index in [0.29, 0.717) is 35.7 Å². The Morgan fingerprint density at radius 2 is 1.47 bits per heavy atom. The van der Waals surface area contributed by atoms with Crippen LogP contribution in [-0.4, -0.2) is 28.2 Å². The molecule has 1 unspecified atom stereocenters. The topological polar surface area (TPSA) is 131 Å². The molecule has 0 spiro atoms. The molecule has 5 heterocycles. The van der Waals surface area contributed by atoms with Crippen LogP contribution in [0.2, 0.25) is 0 Å². The number of aliphatic carboxylic acids is 2. The van der Waals surface area contributed by atoms with Crippen molar-refractivity contribution in [3.8, 4) is 0 Å². The average molecular weight is 619 g/mol. The number of hydrogen-bond donors (Lipinski definition) is 2. The van der Waals surface area contributed by atoms with Crippen molar-refractivity contribution in [2.75, 3.05) is 0 Å². The van der Waals surface area contributed by atoms with Crippen LogP contribution in [0.1, 0.15) is 75.9 Å². The Morgan fingerprint density at radius 1 is 0.814 bits per heavy atom. The fourth-order valence-electron chi connectivity index (χ4n) is 5.94. The van der Waals surface area contributed by atoms with Crippen molar-refractivity contribution in [1.82, 2.24) is 15.0 Å². The van der Waals surface area contributed by atoms with Gasteiger partial charge in [-0.15, -0.1) is 33.5 Å². The molecule has 2 aliphatic rings. The standard InChI is InChI=1S/C34H34N4O4.Fe/c1-7-21-17(3)25-13-26-19(5)23(9-11-33(39)40)31(37-26)16-32-24(10-12-34(41)42)20(6)28(38-32)15-30-22(8-2)18(4)27(36-30)14-29(21)35-25;/h7-8,14-16,25H,1-2,9-13H2,3-6H3,(H,39,40)(H,41,42);/q-4;+4/b28-15-,29-14-,32-16-;. The first kappa shape index (κ1) is 31.7. The number of carbonyl (C=O) groups is 2. The minimum absolute atomic E-state index is 0. The van der Waals surface area contributed by atoms with E-state index in [1.807, 2.05) is 45.1 Å². The van der Waals surface area contributed by atoms with Crippen molar-refractivity contribution in [3.63, 3.8) is 0 Å². The number of carboxylic acids is 2. The van der Waals surface area contributed by atoms with Crippen molar-refractivity contribution in [2.24, 2.45) is 0 Å². The second kappa shape index (κ2) is 12.6. The molecule has 0 saturated heterocycles. The van der Waals surface area contributed by atoms with E-state index in [1.54, 1.807) is 6.08 Å². The third kappa shape index (κ3) is 6.01. The summed E-state index contributed by atoms with van der Waals surface area (Å²) in [4.78, 5) is 37.9. The van der Waals surface area contributed by atoms with E-state index in [9.17, 15) is 19.8 Å². The summed E-state index contributed by atoms with van der Waals surface area (Å²) in [5.74, 6) is -1.77. The maximum Gasteiger partial charge on any atom is 4.00 e. The zero-order valence-corrected chi connectivity index (χ0v) is 25.9. The largest absolute Gasteiger partial charge is 4.00 e. The van der Waals surface area contributed by atoms with Crippen LogP contribution in [-0.2, 0) is 45.9 Å². The number of aromatic nitrogens is 3. The summed E-state index contributed by atoms with van der Waals surface area (Å²) in [6, 6.07) is -0.150. The zero-order chi connectivity index (χ0) is 30.3. The summed E-state index contributed by atoms with van der Waals surface area (Å²) >= 11 is 0. The van der Waals surface area contributed by atoms with Crippen LogP contribution in [0, 0.1) is 20.8 Å². The molecule has 2 N–H and O–H groups in total.